The Labute approximate surface area is 185 Å². The Morgan fingerprint density at radius 1 is 1.16 bits per heavy atom. The maximum absolute atomic E-state index is 12.8. The number of carbonyl (C=O) groups excluding carboxylic acids is 2. The molecule has 0 fully saturated rings. The first-order valence-electron chi connectivity index (χ1n) is 10.5. The van der Waals surface area contributed by atoms with Crippen LogP contribution in [0.25, 0.3) is 0 Å². The molecule has 1 amide bonds. The molecule has 1 aliphatic carbocycles. The number of para-hydroxylation sites is 1. The number of rotatable bonds is 8. The van der Waals surface area contributed by atoms with E-state index in [2.05, 4.69) is 10.4 Å². The molecule has 0 radical (unpaired) electrons. The molecule has 1 N–H and O–H groups in total. The van der Waals surface area contributed by atoms with Gasteiger partial charge in [0.15, 0.2) is 12.4 Å². The Bertz CT molecular complexity index is 1060. The average molecular weight is 440 g/mol. The standard InChI is InChI=1S/C23H25N3O4S/c1-2-14-29-23(28)20-17-10-6-7-11-19(17)31-22(20)24-21(27)18-12-13-26(25-18)15-30-16-8-4-3-5-9-16/h3-5,8-9,12-13H,2,6-7,10-11,14-15H2,1H3,(H,24,27). The third-order valence-electron chi connectivity index (χ3n) is 5.02. The average Bonchev–Trinajstić information content (AvgIpc) is 3.41. The van der Waals surface area contributed by atoms with Crippen molar-refractivity contribution in [2.45, 2.75) is 45.8 Å². The molecular formula is C23H25N3O4S. The van der Waals surface area contributed by atoms with E-state index in [0.717, 1.165) is 48.3 Å². The number of hydrogen-bond donors (Lipinski definition) is 1. The predicted octanol–water partition coefficient (Wildman–Crippen LogP) is 4.68. The van der Waals surface area contributed by atoms with Gasteiger partial charge in [-0.2, -0.15) is 5.10 Å². The molecule has 0 aliphatic heterocycles. The highest BCUT2D eigenvalue weighted by molar-refractivity contribution is 7.17. The molecule has 31 heavy (non-hydrogen) atoms. The summed E-state index contributed by atoms with van der Waals surface area (Å²) in [6, 6.07) is 11.0. The second-order valence-electron chi connectivity index (χ2n) is 7.33. The van der Waals surface area contributed by atoms with Gasteiger partial charge in [0, 0.05) is 11.1 Å². The monoisotopic (exact) mass is 439 g/mol. The van der Waals surface area contributed by atoms with Gasteiger partial charge in [0.25, 0.3) is 5.91 Å². The molecule has 4 rings (SSSR count). The van der Waals surface area contributed by atoms with Gasteiger partial charge in [-0.25, -0.2) is 9.48 Å². The number of aryl methyl sites for hydroxylation is 1. The highest BCUT2D eigenvalue weighted by Gasteiger charge is 2.27. The first-order valence-corrected chi connectivity index (χ1v) is 11.3. The fourth-order valence-electron chi connectivity index (χ4n) is 3.52. The van der Waals surface area contributed by atoms with Crippen molar-refractivity contribution >= 4 is 28.2 Å². The summed E-state index contributed by atoms with van der Waals surface area (Å²) in [4.78, 5) is 26.7. The van der Waals surface area contributed by atoms with Crippen LogP contribution in [-0.4, -0.2) is 28.3 Å². The number of thiophene rings is 1. The van der Waals surface area contributed by atoms with E-state index in [1.165, 1.54) is 11.3 Å². The highest BCUT2D eigenvalue weighted by Crippen LogP contribution is 2.38. The molecule has 7 nitrogen and oxygen atoms in total. The van der Waals surface area contributed by atoms with E-state index >= 15 is 0 Å². The zero-order valence-corrected chi connectivity index (χ0v) is 18.2. The molecule has 0 saturated carbocycles. The molecule has 2 aromatic heterocycles. The molecule has 0 unspecified atom stereocenters. The largest absolute Gasteiger partial charge is 0.471 e. The van der Waals surface area contributed by atoms with Crippen LogP contribution in [0.4, 0.5) is 5.00 Å². The molecule has 0 spiro atoms. The lowest BCUT2D eigenvalue weighted by molar-refractivity contribution is 0.0505. The minimum Gasteiger partial charge on any atom is -0.471 e. The lowest BCUT2D eigenvalue weighted by Crippen LogP contribution is -2.17. The van der Waals surface area contributed by atoms with Crippen LogP contribution in [0.5, 0.6) is 5.75 Å². The number of carbonyl (C=O) groups is 2. The normalized spacial score (nSPS) is 12.8. The maximum Gasteiger partial charge on any atom is 0.341 e. The Balaban J connectivity index is 1.47. The Morgan fingerprint density at radius 3 is 2.77 bits per heavy atom. The van der Waals surface area contributed by atoms with E-state index in [1.807, 2.05) is 37.3 Å². The van der Waals surface area contributed by atoms with Crippen molar-refractivity contribution < 1.29 is 19.1 Å². The molecule has 0 saturated heterocycles. The number of nitrogens with one attached hydrogen (secondary N) is 1. The zero-order valence-electron chi connectivity index (χ0n) is 17.4. The summed E-state index contributed by atoms with van der Waals surface area (Å²) in [6.45, 7) is 2.51. The van der Waals surface area contributed by atoms with Crippen LogP contribution in [0.1, 0.15) is 57.5 Å². The van der Waals surface area contributed by atoms with Crippen LogP contribution in [0.2, 0.25) is 0 Å². The molecular weight excluding hydrogens is 414 g/mol. The lowest BCUT2D eigenvalue weighted by Gasteiger charge is -2.12. The van der Waals surface area contributed by atoms with Crippen molar-refractivity contribution in [1.29, 1.82) is 0 Å². The van der Waals surface area contributed by atoms with E-state index in [9.17, 15) is 9.59 Å². The highest BCUT2D eigenvalue weighted by atomic mass is 32.1. The first kappa shape index (κ1) is 21.1. The van der Waals surface area contributed by atoms with Gasteiger partial charge in [-0.05, 0) is 55.9 Å². The summed E-state index contributed by atoms with van der Waals surface area (Å²) < 4.78 is 12.6. The summed E-state index contributed by atoms with van der Waals surface area (Å²) in [5.74, 6) is 0.00309. The van der Waals surface area contributed by atoms with Crippen LogP contribution < -0.4 is 10.1 Å². The summed E-state index contributed by atoms with van der Waals surface area (Å²) in [5, 5.41) is 7.74. The number of anilines is 1. The quantitative estimate of drug-likeness (QED) is 0.516. The van der Waals surface area contributed by atoms with Crippen molar-refractivity contribution in [3.63, 3.8) is 0 Å². The van der Waals surface area contributed by atoms with Crippen LogP contribution in [0.15, 0.2) is 42.6 Å². The van der Waals surface area contributed by atoms with E-state index in [-0.39, 0.29) is 24.3 Å². The van der Waals surface area contributed by atoms with Gasteiger partial charge >= 0.3 is 5.97 Å². The molecule has 0 atom stereocenters. The van der Waals surface area contributed by atoms with Gasteiger partial charge in [-0.1, -0.05) is 25.1 Å². The van der Waals surface area contributed by atoms with Crippen molar-refractivity contribution in [2.24, 2.45) is 0 Å². The van der Waals surface area contributed by atoms with Crippen molar-refractivity contribution in [1.82, 2.24) is 9.78 Å². The zero-order chi connectivity index (χ0) is 21.6. The lowest BCUT2D eigenvalue weighted by atomic mass is 9.95. The summed E-state index contributed by atoms with van der Waals surface area (Å²) in [7, 11) is 0. The summed E-state index contributed by atoms with van der Waals surface area (Å²) in [5.41, 5.74) is 1.79. The molecule has 1 aromatic carbocycles. The Morgan fingerprint density at radius 2 is 1.97 bits per heavy atom. The molecule has 0 bridgehead atoms. The summed E-state index contributed by atoms with van der Waals surface area (Å²) in [6.07, 6.45) is 6.34. The van der Waals surface area contributed by atoms with Crippen LogP contribution in [-0.2, 0) is 24.3 Å². The fraction of sp³-hybridized carbons (Fsp3) is 0.348. The third-order valence-corrected chi connectivity index (χ3v) is 6.23. The molecule has 162 valence electrons. The summed E-state index contributed by atoms with van der Waals surface area (Å²) >= 11 is 1.47. The van der Waals surface area contributed by atoms with Gasteiger partial charge in [0.1, 0.15) is 10.8 Å². The van der Waals surface area contributed by atoms with Crippen molar-refractivity contribution in [3.8, 4) is 5.75 Å². The molecule has 3 aromatic rings. The number of amides is 1. The molecule has 2 heterocycles. The number of hydrogen-bond acceptors (Lipinski definition) is 6. The van der Waals surface area contributed by atoms with Crippen molar-refractivity contribution in [2.75, 3.05) is 11.9 Å². The first-order chi connectivity index (χ1) is 15.2. The van der Waals surface area contributed by atoms with Crippen LogP contribution in [0.3, 0.4) is 0 Å². The number of ether oxygens (including phenoxy) is 2. The topological polar surface area (TPSA) is 82.5 Å². The van der Waals surface area contributed by atoms with Gasteiger partial charge in [0.05, 0.1) is 12.2 Å². The Kier molecular flexibility index (Phi) is 6.66. The number of benzene rings is 1. The van der Waals surface area contributed by atoms with Crippen LogP contribution in [0, 0.1) is 0 Å². The maximum atomic E-state index is 12.8. The van der Waals surface area contributed by atoms with E-state index in [1.54, 1.807) is 16.9 Å². The number of aromatic nitrogens is 2. The SMILES string of the molecule is CCCOC(=O)c1c(NC(=O)c2ccn(COc3ccccc3)n2)sc2c1CCCC2. The van der Waals surface area contributed by atoms with E-state index in [0.29, 0.717) is 17.2 Å². The Hall–Kier alpha value is -3.13. The number of esters is 1. The third kappa shape index (κ3) is 4.96. The van der Waals surface area contributed by atoms with E-state index < -0.39 is 0 Å². The number of fused-ring (bicyclic) bond motifs is 1. The fourth-order valence-corrected chi connectivity index (χ4v) is 4.79. The molecule has 8 heteroatoms. The van der Waals surface area contributed by atoms with Gasteiger partial charge in [-0.3, -0.25) is 4.79 Å². The minimum absolute atomic E-state index is 0.194. The second-order valence-corrected chi connectivity index (χ2v) is 8.44. The van der Waals surface area contributed by atoms with E-state index in [4.69, 9.17) is 9.47 Å². The van der Waals surface area contributed by atoms with Gasteiger partial charge in [-0.15, -0.1) is 11.3 Å². The second kappa shape index (κ2) is 9.78. The smallest absolute Gasteiger partial charge is 0.341 e. The predicted molar refractivity (Wildman–Crippen MR) is 119 cm³/mol. The molecule has 1 aliphatic rings. The van der Waals surface area contributed by atoms with Gasteiger partial charge in [0.2, 0.25) is 0 Å². The minimum atomic E-state index is -0.363. The van der Waals surface area contributed by atoms with Crippen molar-refractivity contribution in [3.05, 3.63) is 64.3 Å². The van der Waals surface area contributed by atoms with Gasteiger partial charge < -0.3 is 14.8 Å². The number of nitrogens with zero attached hydrogens (tertiary/aromatic N) is 2. The van der Waals surface area contributed by atoms with Crippen LogP contribution >= 0.6 is 11.3 Å².